The molecule has 0 heterocycles. The van der Waals surface area contributed by atoms with Crippen molar-refractivity contribution < 1.29 is 9.90 Å². The van der Waals surface area contributed by atoms with Gasteiger partial charge in [-0.25, -0.2) is 0 Å². The zero-order valence-electron chi connectivity index (χ0n) is 8.74. The van der Waals surface area contributed by atoms with Crippen LogP contribution in [-0.4, -0.2) is 22.9 Å². The number of hydrogen-bond acceptors (Lipinski definition) is 4. The molecule has 0 aromatic heterocycles. The maximum absolute atomic E-state index is 11.2. The summed E-state index contributed by atoms with van der Waals surface area (Å²) in [6.45, 7) is 1.81. The Hall–Kier alpha value is -0.910. The molecule has 0 fully saturated rings. The molecule has 0 aliphatic carbocycles. The Labute approximate surface area is 103 Å². The van der Waals surface area contributed by atoms with Crippen molar-refractivity contribution in [3.63, 3.8) is 0 Å². The fourth-order valence-corrected chi connectivity index (χ4v) is 2.45. The van der Waals surface area contributed by atoms with E-state index in [0.29, 0.717) is 15.6 Å². The molecule has 16 heavy (non-hydrogen) atoms. The molecular weight excluding hydrogens is 248 g/mol. The molecule has 0 aliphatic rings. The number of thioether (sulfide) groups is 1. The molecule has 6 heteroatoms. The van der Waals surface area contributed by atoms with Crippen LogP contribution in [0.25, 0.3) is 0 Å². The minimum atomic E-state index is -0.582. The van der Waals surface area contributed by atoms with Crippen molar-refractivity contribution in [2.75, 3.05) is 12.3 Å². The first-order valence-corrected chi connectivity index (χ1v) is 5.87. The lowest BCUT2D eigenvalue weighted by molar-refractivity contribution is 0.0997. The summed E-state index contributed by atoms with van der Waals surface area (Å²) in [7, 11) is 0. The highest BCUT2D eigenvalue weighted by Gasteiger charge is 2.16. The first-order valence-electron chi connectivity index (χ1n) is 4.62. The van der Waals surface area contributed by atoms with Crippen LogP contribution >= 0.6 is 23.4 Å². The molecule has 0 aliphatic heterocycles. The number of aliphatic hydroxyl groups is 1. The molecule has 1 aromatic carbocycles. The number of nitrogens with two attached hydrogens (primary N) is 2. The van der Waals surface area contributed by atoms with Crippen molar-refractivity contribution in [3.05, 3.63) is 22.7 Å². The van der Waals surface area contributed by atoms with Gasteiger partial charge < -0.3 is 16.6 Å². The molecule has 1 atom stereocenters. The highest BCUT2D eigenvalue weighted by atomic mass is 35.5. The first-order chi connectivity index (χ1) is 7.45. The van der Waals surface area contributed by atoms with Crippen LogP contribution in [0.3, 0.4) is 0 Å². The minimum Gasteiger partial charge on any atom is -0.399 e. The number of hydrogen-bond donors (Lipinski definition) is 3. The molecule has 0 saturated carbocycles. The molecule has 88 valence electrons. The number of aliphatic hydroxyl groups excluding tert-OH is 1. The standard InChI is InChI=1S/C10H13ClN2O2S/c1-5(4-14)16-9-7(10(13)15)2-6(12)3-8(9)11/h2-3,5,14H,4,12H2,1H3,(H2,13,15). The first kappa shape index (κ1) is 13.2. The van der Waals surface area contributed by atoms with Gasteiger partial charge in [0.1, 0.15) is 0 Å². The Bertz CT molecular complexity index is 412. The summed E-state index contributed by atoms with van der Waals surface area (Å²) in [6, 6.07) is 3.04. The molecule has 0 radical (unpaired) electrons. The van der Waals surface area contributed by atoms with Gasteiger partial charge in [0.05, 0.1) is 17.2 Å². The van der Waals surface area contributed by atoms with Crippen LogP contribution < -0.4 is 11.5 Å². The highest BCUT2D eigenvalue weighted by molar-refractivity contribution is 8.00. The predicted octanol–water partition coefficient (Wildman–Crippen LogP) is 1.49. The Balaban J connectivity index is 3.19. The van der Waals surface area contributed by atoms with Gasteiger partial charge in [-0.15, -0.1) is 11.8 Å². The Morgan fingerprint density at radius 3 is 2.75 bits per heavy atom. The maximum Gasteiger partial charge on any atom is 0.249 e. The molecule has 5 N–H and O–H groups in total. The fourth-order valence-electron chi connectivity index (χ4n) is 1.16. The van der Waals surface area contributed by atoms with Crippen molar-refractivity contribution in [3.8, 4) is 0 Å². The number of anilines is 1. The molecule has 4 nitrogen and oxygen atoms in total. The summed E-state index contributed by atoms with van der Waals surface area (Å²) in [5.41, 5.74) is 11.5. The number of halogens is 1. The number of primary amides is 1. The van der Waals surface area contributed by atoms with Gasteiger partial charge in [0, 0.05) is 15.8 Å². The maximum atomic E-state index is 11.2. The van der Waals surface area contributed by atoms with E-state index in [4.69, 9.17) is 28.2 Å². The average molecular weight is 261 g/mol. The average Bonchev–Trinajstić information content (AvgIpc) is 2.20. The second-order valence-electron chi connectivity index (χ2n) is 3.35. The third-order valence-electron chi connectivity index (χ3n) is 1.91. The van der Waals surface area contributed by atoms with Gasteiger partial charge in [-0.05, 0) is 12.1 Å². The largest absolute Gasteiger partial charge is 0.399 e. The van der Waals surface area contributed by atoms with Crippen molar-refractivity contribution in [2.24, 2.45) is 5.73 Å². The van der Waals surface area contributed by atoms with Gasteiger partial charge in [0.2, 0.25) is 5.91 Å². The summed E-state index contributed by atoms with van der Waals surface area (Å²) >= 11 is 7.29. The number of nitrogen functional groups attached to an aromatic ring is 1. The second kappa shape index (κ2) is 5.43. The van der Waals surface area contributed by atoms with E-state index in [-0.39, 0.29) is 17.4 Å². The number of carbonyl (C=O) groups is 1. The van der Waals surface area contributed by atoms with Crippen molar-refractivity contribution >= 4 is 35.0 Å². The molecule has 1 aromatic rings. The van der Waals surface area contributed by atoms with E-state index in [1.807, 2.05) is 6.92 Å². The number of carbonyl (C=O) groups excluding carboxylic acids is 1. The quantitative estimate of drug-likeness (QED) is 0.565. The van der Waals surface area contributed by atoms with Crippen molar-refractivity contribution in [2.45, 2.75) is 17.1 Å². The molecule has 1 unspecified atom stereocenters. The highest BCUT2D eigenvalue weighted by Crippen LogP contribution is 2.35. The monoisotopic (exact) mass is 260 g/mol. The summed E-state index contributed by atoms with van der Waals surface area (Å²) in [5, 5.41) is 9.27. The van der Waals surface area contributed by atoms with Crippen molar-refractivity contribution in [1.29, 1.82) is 0 Å². The van der Waals surface area contributed by atoms with E-state index >= 15 is 0 Å². The lowest BCUT2D eigenvalue weighted by Gasteiger charge is -2.13. The van der Waals surface area contributed by atoms with Crippen LogP contribution in [0.1, 0.15) is 17.3 Å². The van der Waals surface area contributed by atoms with Crippen LogP contribution in [0, 0.1) is 0 Å². The lowest BCUT2D eigenvalue weighted by atomic mass is 10.2. The zero-order valence-corrected chi connectivity index (χ0v) is 10.3. The SMILES string of the molecule is CC(CO)Sc1c(Cl)cc(N)cc1C(N)=O. The van der Waals surface area contributed by atoms with Crippen LogP contribution in [0.4, 0.5) is 5.69 Å². The van der Waals surface area contributed by atoms with Gasteiger partial charge in [-0.3, -0.25) is 4.79 Å². The Morgan fingerprint density at radius 2 is 2.25 bits per heavy atom. The van der Waals surface area contributed by atoms with Crippen LogP contribution in [0.2, 0.25) is 5.02 Å². The fraction of sp³-hybridized carbons (Fsp3) is 0.300. The predicted molar refractivity (Wildman–Crippen MR) is 66.8 cm³/mol. The van der Waals surface area contributed by atoms with Crippen molar-refractivity contribution in [1.82, 2.24) is 0 Å². The summed E-state index contributed by atoms with van der Waals surface area (Å²) in [4.78, 5) is 11.8. The molecule has 0 bridgehead atoms. The minimum absolute atomic E-state index is 0.0103. The van der Waals surface area contributed by atoms with E-state index < -0.39 is 5.91 Å². The molecule has 0 saturated heterocycles. The van der Waals surface area contributed by atoms with Gasteiger partial charge in [-0.1, -0.05) is 18.5 Å². The topological polar surface area (TPSA) is 89.3 Å². The van der Waals surface area contributed by atoms with E-state index in [0.717, 1.165) is 0 Å². The third kappa shape index (κ3) is 3.04. The smallest absolute Gasteiger partial charge is 0.249 e. The van der Waals surface area contributed by atoms with E-state index in [1.165, 1.54) is 17.8 Å². The molecule has 1 amide bonds. The van der Waals surface area contributed by atoms with Gasteiger partial charge in [0.15, 0.2) is 0 Å². The van der Waals surface area contributed by atoms with Crippen LogP contribution in [-0.2, 0) is 0 Å². The van der Waals surface area contributed by atoms with Gasteiger partial charge in [-0.2, -0.15) is 0 Å². The lowest BCUT2D eigenvalue weighted by Crippen LogP contribution is -2.14. The van der Waals surface area contributed by atoms with Gasteiger partial charge >= 0.3 is 0 Å². The number of amides is 1. The zero-order chi connectivity index (χ0) is 12.3. The normalized spacial score (nSPS) is 12.4. The summed E-state index contributed by atoms with van der Waals surface area (Å²) < 4.78 is 0. The Kier molecular flexibility index (Phi) is 4.46. The molecule has 1 rings (SSSR count). The molecule has 0 spiro atoms. The number of rotatable bonds is 4. The van der Waals surface area contributed by atoms with E-state index in [9.17, 15) is 4.79 Å². The summed E-state index contributed by atoms with van der Waals surface area (Å²) in [6.07, 6.45) is 0. The number of benzene rings is 1. The molecular formula is C10H13ClN2O2S. The third-order valence-corrected chi connectivity index (χ3v) is 3.54. The van der Waals surface area contributed by atoms with Crippen LogP contribution in [0.15, 0.2) is 17.0 Å². The van der Waals surface area contributed by atoms with Crippen LogP contribution in [0.5, 0.6) is 0 Å². The summed E-state index contributed by atoms with van der Waals surface area (Å²) in [5.74, 6) is -0.582. The van der Waals surface area contributed by atoms with E-state index in [2.05, 4.69) is 0 Å². The Morgan fingerprint density at radius 1 is 1.62 bits per heavy atom. The van der Waals surface area contributed by atoms with Gasteiger partial charge in [0.25, 0.3) is 0 Å². The van der Waals surface area contributed by atoms with E-state index in [1.54, 1.807) is 6.07 Å². The second-order valence-corrected chi connectivity index (χ2v) is 5.21.